The fourth-order valence-corrected chi connectivity index (χ4v) is 2.38. The molecule has 0 bridgehead atoms. The number of hydrogen-bond donors (Lipinski definition) is 2. The van der Waals surface area contributed by atoms with Gasteiger partial charge in [-0.15, -0.1) is 0 Å². The quantitative estimate of drug-likeness (QED) is 0.824. The summed E-state index contributed by atoms with van der Waals surface area (Å²) in [5, 5.41) is 6.23. The Bertz CT molecular complexity index is 434. The van der Waals surface area contributed by atoms with E-state index < -0.39 is 0 Å². The Balaban J connectivity index is 1.79. The number of carbonyl (C=O) groups is 1. The molecule has 4 nitrogen and oxygen atoms in total. The molecule has 0 aromatic heterocycles. The SMILES string of the molecule is CCCC(C)NC(=O)CNC1COc2ccccc21. The van der Waals surface area contributed by atoms with Crippen LogP contribution in [0.2, 0.25) is 0 Å². The monoisotopic (exact) mass is 262 g/mol. The molecule has 19 heavy (non-hydrogen) atoms. The smallest absolute Gasteiger partial charge is 0.234 e. The molecule has 1 aliphatic heterocycles. The first-order valence-electron chi connectivity index (χ1n) is 6.95. The summed E-state index contributed by atoms with van der Waals surface area (Å²) >= 11 is 0. The van der Waals surface area contributed by atoms with Crippen LogP contribution < -0.4 is 15.4 Å². The summed E-state index contributed by atoms with van der Waals surface area (Å²) in [4.78, 5) is 11.8. The Morgan fingerprint density at radius 2 is 2.26 bits per heavy atom. The van der Waals surface area contributed by atoms with E-state index in [1.807, 2.05) is 31.2 Å². The Morgan fingerprint density at radius 3 is 3.05 bits per heavy atom. The van der Waals surface area contributed by atoms with Gasteiger partial charge in [-0.1, -0.05) is 31.5 Å². The lowest BCUT2D eigenvalue weighted by molar-refractivity contribution is -0.121. The second-order valence-corrected chi connectivity index (χ2v) is 5.04. The van der Waals surface area contributed by atoms with E-state index in [2.05, 4.69) is 17.6 Å². The normalized spacial score (nSPS) is 18.5. The molecule has 104 valence electrons. The molecule has 0 spiro atoms. The van der Waals surface area contributed by atoms with E-state index in [0.29, 0.717) is 13.2 Å². The van der Waals surface area contributed by atoms with Crippen LogP contribution in [0.3, 0.4) is 0 Å². The molecule has 0 fully saturated rings. The molecule has 0 saturated carbocycles. The van der Waals surface area contributed by atoms with E-state index in [-0.39, 0.29) is 18.0 Å². The lowest BCUT2D eigenvalue weighted by Crippen LogP contribution is -2.40. The first-order valence-corrected chi connectivity index (χ1v) is 6.95. The molecular formula is C15H22N2O2. The zero-order valence-electron chi connectivity index (χ0n) is 11.6. The fraction of sp³-hybridized carbons (Fsp3) is 0.533. The van der Waals surface area contributed by atoms with Crippen molar-refractivity contribution in [1.29, 1.82) is 0 Å². The summed E-state index contributed by atoms with van der Waals surface area (Å²) in [6.07, 6.45) is 2.10. The fourth-order valence-electron chi connectivity index (χ4n) is 2.38. The van der Waals surface area contributed by atoms with E-state index in [0.717, 1.165) is 24.2 Å². The molecule has 0 saturated heterocycles. The highest BCUT2D eigenvalue weighted by Crippen LogP contribution is 2.31. The van der Waals surface area contributed by atoms with Gasteiger partial charge in [-0.25, -0.2) is 0 Å². The first-order chi connectivity index (χ1) is 9.20. The van der Waals surface area contributed by atoms with Crippen LogP contribution in [-0.4, -0.2) is 25.1 Å². The lowest BCUT2D eigenvalue weighted by atomic mass is 10.1. The van der Waals surface area contributed by atoms with Gasteiger partial charge in [0.05, 0.1) is 12.6 Å². The third-order valence-corrected chi connectivity index (χ3v) is 3.34. The van der Waals surface area contributed by atoms with Gasteiger partial charge in [0.25, 0.3) is 0 Å². The zero-order valence-corrected chi connectivity index (χ0v) is 11.6. The van der Waals surface area contributed by atoms with Crippen molar-refractivity contribution >= 4 is 5.91 Å². The van der Waals surface area contributed by atoms with Crippen molar-refractivity contribution in [2.75, 3.05) is 13.2 Å². The van der Waals surface area contributed by atoms with Crippen LogP contribution in [-0.2, 0) is 4.79 Å². The summed E-state index contributed by atoms with van der Waals surface area (Å²) < 4.78 is 5.57. The van der Waals surface area contributed by atoms with Crippen molar-refractivity contribution < 1.29 is 9.53 Å². The standard InChI is InChI=1S/C15H22N2O2/c1-3-6-11(2)17-15(18)9-16-13-10-19-14-8-5-4-7-12(13)14/h4-5,7-8,11,13,16H,3,6,9-10H2,1-2H3,(H,17,18). The topological polar surface area (TPSA) is 50.4 Å². The highest BCUT2D eigenvalue weighted by Gasteiger charge is 2.23. The van der Waals surface area contributed by atoms with Crippen LogP contribution >= 0.6 is 0 Å². The van der Waals surface area contributed by atoms with Crippen LogP contribution in [0, 0.1) is 0 Å². The van der Waals surface area contributed by atoms with E-state index in [9.17, 15) is 4.79 Å². The predicted octanol–water partition coefficient (Wildman–Crippen LogP) is 2.01. The van der Waals surface area contributed by atoms with Crippen LogP contribution in [0.25, 0.3) is 0 Å². The Hall–Kier alpha value is -1.55. The Morgan fingerprint density at radius 1 is 1.47 bits per heavy atom. The molecule has 4 heteroatoms. The van der Waals surface area contributed by atoms with Gasteiger partial charge in [-0.05, 0) is 19.4 Å². The predicted molar refractivity (Wildman–Crippen MR) is 75.2 cm³/mol. The van der Waals surface area contributed by atoms with Crippen molar-refractivity contribution in [3.05, 3.63) is 29.8 Å². The van der Waals surface area contributed by atoms with Crippen LogP contribution in [0.5, 0.6) is 5.75 Å². The zero-order chi connectivity index (χ0) is 13.7. The molecule has 2 atom stereocenters. The second kappa shape index (κ2) is 6.57. The average Bonchev–Trinajstić information content (AvgIpc) is 2.80. The number of nitrogens with one attached hydrogen (secondary N) is 2. The lowest BCUT2D eigenvalue weighted by Gasteiger charge is -2.15. The average molecular weight is 262 g/mol. The van der Waals surface area contributed by atoms with Crippen molar-refractivity contribution in [3.8, 4) is 5.75 Å². The highest BCUT2D eigenvalue weighted by molar-refractivity contribution is 5.78. The minimum absolute atomic E-state index is 0.0466. The second-order valence-electron chi connectivity index (χ2n) is 5.04. The maximum atomic E-state index is 11.8. The minimum Gasteiger partial charge on any atom is -0.491 e. The molecule has 1 aromatic rings. The van der Waals surface area contributed by atoms with E-state index in [1.165, 1.54) is 0 Å². The van der Waals surface area contributed by atoms with Gasteiger partial charge in [-0.2, -0.15) is 0 Å². The minimum atomic E-state index is 0.0466. The largest absolute Gasteiger partial charge is 0.491 e. The maximum Gasteiger partial charge on any atom is 0.234 e. The Kier molecular flexibility index (Phi) is 4.80. The molecule has 1 heterocycles. The van der Waals surface area contributed by atoms with Crippen LogP contribution in [0.4, 0.5) is 0 Å². The van der Waals surface area contributed by atoms with Gasteiger partial charge >= 0.3 is 0 Å². The molecule has 2 unspecified atom stereocenters. The summed E-state index contributed by atoms with van der Waals surface area (Å²) in [6.45, 7) is 5.08. The summed E-state index contributed by atoms with van der Waals surface area (Å²) in [7, 11) is 0. The van der Waals surface area contributed by atoms with Gasteiger partial charge in [-0.3, -0.25) is 10.1 Å². The maximum absolute atomic E-state index is 11.8. The van der Waals surface area contributed by atoms with Gasteiger partial charge in [0.2, 0.25) is 5.91 Å². The van der Waals surface area contributed by atoms with Crippen LogP contribution in [0.15, 0.2) is 24.3 Å². The molecule has 0 radical (unpaired) electrons. The van der Waals surface area contributed by atoms with E-state index in [1.54, 1.807) is 0 Å². The molecule has 2 N–H and O–H groups in total. The van der Waals surface area contributed by atoms with Gasteiger partial charge < -0.3 is 10.1 Å². The summed E-state index contributed by atoms with van der Waals surface area (Å²) in [5.74, 6) is 0.963. The Labute approximate surface area is 114 Å². The number of para-hydroxylation sites is 1. The number of benzene rings is 1. The molecule has 1 aromatic carbocycles. The van der Waals surface area contributed by atoms with Gasteiger partial charge in [0.15, 0.2) is 0 Å². The van der Waals surface area contributed by atoms with Gasteiger partial charge in [0, 0.05) is 11.6 Å². The number of fused-ring (bicyclic) bond motifs is 1. The molecule has 0 aliphatic carbocycles. The number of hydrogen-bond acceptors (Lipinski definition) is 3. The number of carbonyl (C=O) groups excluding carboxylic acids is 1. The van der Waals surface area contributed by atoms with E-state index >= 15 is 0 Å². The van der Waals surface area contributed by atoms with E-state index in [4.69, 9.17) is 4.74 Å². The molecular weight excluding hydrogens is 240 g/mol. The van der Waals surface area contributed by atoms with Gasteiger partial charge in [0.1, 0.15) is 12.4 Å². The van der Waals surface area contributed by atoms with Crippen LogP contribution in [0.1, 0.15) is 38.3 Å². The van der Waals surface area contributed by atoms with Crippen molar-refractivity contribution in [1.82, 2.24) is 10.6 Å². The summed E-state index contributed by atoms with van der Waals surface area (Å²) in [5.41, 5.74) is 1.14. The highest BCUT2D eigenvalue weighted by atomic mass is 16.5. The third kappa shape index (κ3) is 3.70. The van der Waals surface area contributed by atoms with Crippen molar-refractivity contribution in [2.45, 2.75) is 38.8 Å². The van der Waals surface area contributed by atoms with Crippen molar-refractivity contribution in [3.63, 3.8) is 0 Å². The van der Waals surface area contributed by atoms with Crippen molar-refractivity contribution in [2.24, 2.45) is 0 Å². The summed E-state index contributed by atoms with van der Waals surface area (Å²) in [6, 6.07) is 8.30. The third-order valence-electron chi connectivity index (χ3n) is 3.34. The molecule has 1 aliphatic rings. The number of amides is 1. The molecule has 2 rings (SSSR count). The number of ether oxygens (including phenoxy) is 1. The molecule has 1 amide bonds. The first kappa shape index (κ1) is 13.9. The number of rotatable bonds is 6.